The Morgan fingerprint density at radius 3 is 2.65 bits per heavy atom. The minimum Gasteiger partial charge on any atom is -0.484 e. The van der Waals surface area contributed by atoms with Crippen LogP contribution in [0, 0.1) is 0 Å². The summed E-state index contributed by atoms with van der Waals surface area (Å²) in [5, 5.41) is 0. The molecule has 0 bridgehead atoms. The highest BCUT2D eigenvalue weighted by molar-refractivity contribution is 5.95. The third kappa shape index (κ3) is 3.82. The van der Waals surface area contributed by atoms with Crippen LogP contribution in [0.3, 0.4) is 0 Å². The van der Waals surface area contributed by atoms with Gasteiger partial charge in [0.2, 0.25) is 5.91 Å². The molecule has 0 aliphatic carbocycles. The summed E-state index contributed by atoms with van der Waals surface area (Å²) in [6, 6.07) is 7.41. The van der Waals surface area contributed by atoms with Crippen molar-refractivity contribution in [2.45, 2.75) is 12.8 Å². The van der Waals surface area contributed by atoms with E-state index in [-0.39, 0.29) is 18.4 Å². The minimum atomic E-state index is 0.0146. The molecule has 2 fully saturated rings. The van der Waals surface area contributed by atoms with Crippen LogP contribution in [0.5, 0.6) is 5.75 Å². The number of likely N-dealkylation sites (N-methyl/N-ethyl adjacent to an activating group) is 1. The van der Waals surface area contributed by atoms with Crippen LogP contribution in [0.1, 0.15) is 12.8 Å². The Labute approximate surface area is 136 Å². The van der Waals surface area contributed by atoms with Crippen molar-refractivity contribution in [2.75, 3.05) is 51.3 Å². The monoisotopic (exact) mass is 317 g/mol. The first-order valence-electron chi connectivity index (χ1n) is 8.13. The number of benzene rings is 1. The molecule has 0 aromatic heterocycles. The van der Waals surface area contributed by atoms with Crippen LogP contribution in [0.25, 0.3) is 0 Å². The summed E-state index contributed by atoms with van der Waals surface area (Å²) in [6.45, 7) is 4.10. The third-order valence-electron chi connectivity index (χ3n) is 4.42. The van der Waals surface area contributed by atoms with Crippen LogP contribution in [0.2, 0.25) is 0 Å². The maximum absolute atomic E-state index is 12.2. The molecule has 0 unspecified atom stereocenters. The van der Waals surface area contributed by atoms with Crippen LogP contribution in [-0.2, 0) is 9.59 Å². The van der Waals surface area contributed by atoms with Gasteiger partial charge in [-0.2, -0.15) is 0 Å². The number of piperazine rings is 1. The van der Waals surface area contributed by atoms with Gasteiger partial charge in [0, 0.05) is 50.9 Å². The Morgan fingerprint density at radius 1 is 1.17 bits per heavy atom. The molecule has 23 heavy (non-hydrogen) atoms. The molecule has 6 nitrogen and oxygen atoms in total. The molecule has 2 aliphatic heterocycles. The first kappa shape index (κ1) is 15.8. The fourth-order valence-electron chi connectivity index (χ4n) is 2.95. The van der Waals surface area contributed by atoms with Crippen molar-refractivity contribution in [3.05, 3.63) is 24.3 Å². The molecule has 124 valence electrons. The molecule has 0 N–H and O–H groups in total. The highest BCUT2D eigenvalue weighted by atomic mass is 16.5. The summed E-state index contributed by atoms with van der Waals surface area (Å²) < 4.78 is 5.64. The van der Waals surface area contributed by atoms with Gasteiger partial charge in [0.25, 0.3) is 5.91 Å². The number of nitrogens with zero attached hydrogens (tertiary/aromatic N) is 3. The van der Waals surface area contributed by atoms with E-state index in [4.69, 9.17) is 4.74 Å². The highest BCUT2D eigenvalue weighted by Crippen LogP contribution is 2.25. The average molecular weight is 317 g/mol. The van der Waals surface area contributed by atoms with Gasteiger partial charge in [0.15, 0.2) is 6.61 Å². The van der Waals surface area contributed by atoms with E-state index in [0.717, 1.165) is 44.8 Å². The van der Waals surface area contributed by atoms with E-state index in [1.165, 1.54) is 0 Å². The molecule has 3 rings (SSSR count). The Kier molecular flexibility index (Phi) is 4.81. The Bertz CT molecular complexity index is 582. The second-order valence-electron chi connectivity index (χ2n) is 6.12. The van der Waals surface area contributed by atoms with Crippen molar-refractivity contribution in [3.63, 3.8) is 0 Å². The molecule has 6 heteroatoms. The smallest absolute Gasteiger partial charge is 0.260 e. The lowest BCUT2D eigenvalue weighted by Crippen LogP contribution is -2.48. The number of anilines is 1. The van der Waals surface area contributed by atoms with Crippen LogP contribution in [0.4, 0.5) is 5.69 Å². The Balaban J connectivity index is 1.56. The van der Waals surface area contributed by atoms with Gasteiger partial charge in [-0.25, -0.2) is 0 Å². The first-order chi connectivity index (χ1) is 11.1. The van der Waals surface area contributed by atoms with Gasteiger partial charge < -0.3 is 19.4 Å². The molecule has 1 aromatic carbocycles. The number of hydrogen-bond acceptors (Lipinski definition) is 4. The number of hydrogen-bond donors (Lipinski definition) is 0. The van der Waals surface area contributed by atoms with E-state index in [1.54, 1.807) is 4.90 Å². The molecule has 0 spiro atoms. The van der Waals surface area contributed by atoms with Crippen LogP contribution in [0.15, 0.2) is 24.3 Å². The van der Waals surface area contributed by atoms with Crippen molar-refractivity contribution >= 4 is 17.5 Å². The SMILES string of the molecule is CN1CCN(C(=O)COc2cccc(N3CCCC3=O)c2)CC1. The van der Waals surface area contributed by atoms with Crippen molar-refractivity contribution in [1.82, 2.24) is 9.80 Å². The van der Waals surface area contributed by atoms with Gasteiger partial charge in [0.1, 0.15) is 5.75 Å². The van der Waals surface area contributed by atoms with Crippen molar-refractivity contribution in [3.8, 4) is 5.75 Å². The van der Waals surface area contributed by atoms with E-state index in [2.05, 4.69) is 11.9 Å². The molecule has 0 atom stereocenters. The van der Waals surface area contributed by atoms with Crippen LogP contribution in [-0.4, -0.2) is 68.0 Å². The average Bonchev–Trinajstić information content (AvgIpc) is 3.00. The largest absolute Gasteiger partial charge is 0.484 e. The molecule has 0 saturated carbocycles. The van der Waals surface area contributed by atoms with Crippen molar-refractivity contribution in [1.29, 1.82) is 0 Å². The van der Waals surface area contributed by atoms with E-state index >= 15 is 0 Å². The van der Waals surface area contributed by atoms with Crippen LogP contribution >= 0.6 is 0 Å². The Morgan fingerprint density at radius 2 is 1.96 bits per heavy atom. The lowest BCUT2D eigenvalue weighted by molar-refractivity contribution is -0.134. The van der Waals surface area contributed by atoms with Gasteiger partial charge in [0.05, 0.1) is 0 Å². The van der Waals surface area contributed by atoms with E-state index in [9.17, 15) is 9.59 Å². The molecular weight excluding hydrogens is 294 g/mol. The summed E-state index contributed by atoms with van der Waals surface area (Å²) in [4.78, 5) is 29.8. The lowest BCUT2D eigenvalue weighted by atomic mass is 10.2. The van der Waals surface area contributed by atoms with E-state index in [1.807, 2.05) is 29.2 Å². The molecule has 1 aromatic rings. The second kappa shape index (κ2) is 7.00. The zero-order valence-corrected chi connectivity index (χ0v) is 13.5. The predicted octanol–water partition coefficient (Wildman–Crippen LogP) is 0.966. The fourth-order valence-corrected chi connectivity index (χ4v) is 2.95. The number of carbonyl (C=O) groups is 2. The molecule has 2 amide bonds. The van der Waals surface area contributed by atoms with Gasteiger partial charge in [-0.05, 0) is 25.6 Å². The molecule has 2 aliphatic rings. The van der Waals surface area contributed by atoms with E-state index < -0.39 is 0 Å². The molecule has 0 radical (unpaired) electrons. The van der Waals surface area contributed by atoms with Crippen molar-refractivity contribution in [2.24, 2.45) is 0 Å². The number of carbonyl (C=O) groups excluding carboxylic acids is 2. The van der Waals surface area contributed by atoms with E-state index in [0.29, 0.717) is 12.2 Å². The van der Waals surface area contributed by atoms with Gasteiger partial charge in [-0.3, -0.25) is 9.59 Å². The predicted molar refractivity (Wildman–Crippen MR) is 87.6 cm³/mol. The molecule has 2 heterocycles. The fraction of sp³-hybridized carbons (Fsp3) is 0.529. The maximum atomic E-state index is 12.2. The summed E-state index contributed by atoms with van der Waals surface area (Å²) in [7, 11) is 2.06. The van der Waals surface area contributed by atoms with Gasteiger partial charge in [-0.15, -0.1) is 0 Å². The zero-order chi connectivity index (χ0) is 16.2. The third-order valence-corrected chi connectivity index (χ3v) is 4.42. The summed E-state index contributed by atoms with van der Waals surface area (Å²) in [5.41, 5.74) is 0.844. The quantitative estimate of drug-likeness (QED) is 0.830. The first-order valence-corrected chi connectivity index (χ1v) is 8.13. The molecule has 2 saturated heterocycles. The Hall–Kier alpha value is -2.08. The normalized spacial score (nSPS) is 19.3. The summed E-state index contributed by atoms with van der Waals surface area (Å²) >= 11 is 0. The summed E-state index contributed by atoms with van der Waals surface area (Å²) in [5.74, 6) is 0.793. The number of ether oxygens (including phenoxy) is 1. The van der Waals surface area contributed by atoms with Crippen LogP contribution < -0.4 is 9.64 Å². The highest BCUT2D eigenvalue weighted by Gasteiger charge is 2.22. The summed E-state index contributed by atoms with van der Waals surface area (Å²) in [6.07, 6.45) is 1.50. The lowest BCUT2D eigenvalue weighted by Gasteiger charge is -2.32. The standard InChI is InChI=1S/C17H23N3O3/c1-18-8-10-19(11-9-18)17(22)13-23-15-5-2-4-14(12-15)20-7-3-6-16(20)21/h2,4-5,12H,3,6-11,13H2,1H3. The molecular formula is C17H23N3O3. The topological polar surface area (TPSA) is 53.1 Å². The van der Waals surface area contributed by atoms with Gasteiger partial charge in [-0.1, -0.05) is 6.07 Å². The van der Waals surface area contributed by atoms with Crippen molar-refractivity contribution < 1.29 is 14.3 Å². The maximum Gasteiger partial charge on any atom is 0.260 e. The van der Waals surface area contributed by atoms with Gasteiger partial charge >= 0.3 is 0 Å². The zero-order valence-electron chi connectivity index (χ0n) is 13.5. The number of amides is 2. The minimum absolute atomic E-state index is 0.0146. The number of rotatable bonds is 4. The second-order valence-corrected chi connectivity index (χ2v) is 6.12.